The fraction of sp³-hybridized carbons (Fsp3) is 0.364. The quantitative estimate of drug-likeness (QED) is 0.876. The second-order valence-corrected chi connectivity index (χ2v) is 6.33. The van der Waals surface area contributed by atoms with Gasteiger partial charge < -0.3 is 5.32 Å². The normalized spacial score (nSPS) is 20.1. The number of carbonyl (C=O) groups excluding carboxylic acids is 1. The lowest BCUT2D eigenvalue weighted by Gasteiger charge is -2.23. The fourth-order valence-electron chi connectivity index (χ4n) is 1.81. The van der Waals surface area contributed by atoms with Crippen molar-refractivity contribution in [1.82, 2.24) is 10.0 Å². The molecule has 0 radical (unpaired) electrons. The number of piperidine rings is 1. The highest BCUT2D eigenvalue weighted by Gasteiger charge is 2.25. The summed E-state index contributed by atoms with van der Waals surface area (Å²) in [7, 11) is -3.82. The van der Waals surface area contributed by atoms with Gasteiger partial charge in [0.15, 0.2) is 0 Å². The smallest absolute Gasteiger partial charge is 0.242 e. The van der Waals surface area contributed by atoms with Crippen molar-refractivity contribution in [2.75, 3.05) is 6.54 Å². The zero-order valence-corrected chi connectivity index (χ0v) is 11.4. The second-order valence-electron chi connectivity index (χ2n) is 4.24. The molecule has 1 aliphatic rings. The van der Waals surface area contributed by atoms with E-state index in [0.717, 1.165) is 18.2 Å². The van der Waals surface area contributed by atoms with Gasteiger partial charge in [0, 0.05) is 19.0 Å². The van der Waals surface area contributed by atoms with Crippen molar-refractivity contribution in [1.29, 1.82) is 0 Å². The van der Waals surface area contributed by atoms with Gasteiger partial charge in [-0.2, -0.15) is 0 Å². The minimum Gasteiger partial charge on any atom is -0.355 e. The highest BCUT2D eigenvalue weighted by atomic mass is 35.5. The van der Waals surface area contributed by atoms with Crippen molar-refractivity contribution in [3.63, 3.8) is 0 Å². The van der Waals surface area contributed by atoms with Gasteiger partial charge in [0.1, 0.15) is 10.7 Å². The van der Waals surface area contributed by atoms with Gasteiger partial charge in [-0.05, 0) is 24.6 Å². The van der Waals surface area contributed by atoms with Crippen LogP contribution in [-0.4, -0.2) is 26.9 Å². The molecule has 1 fully saturated rings. The van der Waals surface area contributed by atoms with Crippen molar-refractivity contribution >= 4 is 27.5 Å². The molecule has 1 atom stereocenters. The van der Waals surface area contributed by atoms with Crippen LogP contribution < -0.4 is 10.0 Å². The van der Waals surface area contributed by atoms with Gasteiger partial charge in [0.25, 0.3) is 0 Å². The summed E-state index contributed by atoms with van der Waals surface area (Å²) in [5, 5.41) is 2.40. The Morgan fingerprint density at radius 2 is 2.16 bits per heavy atom. The molecule has 2 rings (SSSR count). The number of carbonyl (C=O) groups is 1. The first kappa shape index (κ1) is 14.2. The number of halogens is 2. The number of amides is 1. The summed E-state index contributed by atoms with van der Waals surface area (Å²) in [5.74, 6) is -0.704. The summed E-state index contributed by atoms with van der Waals surface area (Å²) in [6, 6.07) is 2.70. The zero-order chi connectivity index (χ0) is 14.0. The van der Waals surface area contributed by atoms with Gasteiger partial charge in [0.2, 0.25) is 15.9 Å². The topological polar surface area (TPSA) is 75.3 Å². The zero-order valence-electron chi connectivity index (χ0n) is 9.82. The van der Waals surface area contributed by atoms with E-state index in [1.54, 1.807) is 0 Å². The van der Waals surface area contributed by atoms with Gasteiger partial charge in [-0.25, -0.2) is 17.5 Å². The maximum Gasteiger partial charge on any atom is 0.242 e. The largest absolute Gasteiger partial charge is 0.355 e. The molecule has 0 aliphatic carbocycles. The van der Waals surface area contributed by atoms with Gasteiger partial charge in [-0.3, -0.25) is 4.79 Å². The van der Waals surface area contributed by atoms with E-state index in [9.17, 15) is 17.6 Å². The third kappa shape index (κ3) is 3.43. The molecular weight excluding hydrogens is 295 g/mol. The third-order valence-electron chi connectivity index (χ3n) is 2.77. The van der Waals surface area contributed by atoms with E-state index in [0.29, 0.717) is 6.42 Å². The lowest BCUT2D eigenvalue weighted by Crippen LogP contribution is -2.47. The predicted molar refractivity (Wildman–Crippen MR) is 67.8 cm³/mol. The van der Waals surface area contributed by atoms with Crippen LogP contribution in [0.3, 0.4) is 0 Å². The molecular formula is C11H12ClFN2O3S. The molecule has 1 aromatic carbocycles. The third-order valence-corrected chi connectivity index (χ3v) is 4.77. The maximum atomic E-state index is 12.9. The van der Waals surface area contributed by atoms with E-state index >= 15 is 0 Å². The fourth-order valence-corrected chi connectivity index (χ4v) is 3.61. The number of sulfonamides is 1. The molecule has 8 heteroatoms. The molecule has 1 heterocycles. The Balaban J connectivity index is 2.16. The van der Waals surface area contributed by atoms with Crippen molar-refractivity contribution in [3.05, 3.63) is 29.0 Å². The van der Waals surface area contributed by atoms with E-state index in [4.69, 9.17) is 11.6 Å². The number of nitrogens with one attached hydrogen (secondary N) is 2. The van der Waals surface area contributed by atoms with Crippen molar-refractivity contribution in [3.8, 4) is 0 Å². The molecule has 0 saturated carbocycles. The Morgan fingerprint density at radius 1 is 1.42 bits per heavy atom. The molecule has 5 nitrogen and oxygen atoms in total. The van der Waals surface area contributed by atoms with Crippen LogP contribution in [-0.2, 0) is 14.8 Å². The van der Waals surface area contributed by atoms with E-state index in [2.05, 4.69) is 10.0 Å². The molecule has 1 saturated heterocycles. The van der Waals surface area contributed by atoms with Crippen LogP contribution in [0.2, 0.25) is 5.02 Å². The van der Waals surface area contributed by atoms with Crippen LogP contribution >= 0.6 is 11.6 Å². The van der Waals surface area contributed by atoms with E-state index in [1.165, 1.54) is 0 Å². The molecule has 1 unspecified atom stereocenters. The average Bonchev–Trinajstić information content (AvgIpc) is 2.31. The Hall–Kier alpha value is -1.18. The van der Waals surface area contributed by atoms with E-state index < -0.39 is 15.8 Å². The molecule has 1 aliphatic heterocycles. The molecule has 0 bridgehead atoms. The number of hydrogen-bond donors (Lipinski definition) is 2. The van der Waals surface area contributed by atoms with Crippen molar-refractivity contribution in [2.45, 2.75) is 23.8 Å². The van der Waals surface area contributed by atoms with Gasteiger partial charge in [-0.15, -0.1) is 0 Å². The number of benzene rings is 1. The van der Waals surface area contributed by atoms with Crippen LogP contribution in [0.15, 0.2) is 23.1 Å². The average molecular weight is 307 g/mol. The van der Waals surface area contributed by atoms with Gasteiger partial charge in [0.05, 0.1) is 5.02 Å². The summed E-state index contributed by atoms with van der Waals surface area (Å²) in [5.41, 5.74) is 0. The highest BCUT2D eigenvalue weighted by molar-refractivity contribution is 7.89. The van der Waals surface area contributed by atoms with E-state index in [1.807, 2.05) is 0 Å². The first-order valence-electron chi connectivity index (χ1n) is 5.62. The molecule has 1 amide bonds. The molecule has 0 aromatic heterocycles. The highest BCUT2D eigenvalue weighted by Crippen LogP contribution is 2.22. The Labute approximate surface area is 115 Å². The first-order chi connectivity index (χ1) is 8.88. The second kappa shape index (κ2) is 5.44. The standard InChI is InChI=1S/C11H12ClFN2O3S/c12-9-5-7(13)1-3-10(9)19(17,18)15-8-2-4-11(16)14-6-8/h1,3,5,8,15H,2,4,6H2,(H,14,16). The molecule has 1 aromatic rings. The van der Waals surface area contributed by atoms with Crippen molar-refractivity contribution < 1.29 is 17.6 Å². The van der Waals surface area contributed by atoms with Crippen LogP contribution in [0.25, 0.3) is 0 Å². The first-order valence-corrected chi connectivity index (χ1v) is 7.49. The lowest BCUT2D eigenvalue weighted by atomic mass is 10.1. The van der Waals surface area contributed by atoms with Crippen molar-refractivity contribution in [2.24, 2.45) is 0 Å². The maximum absolute atomic E-state index is 12.9. The molecule has 0 spiro atoms. The molecule has 2 N–H and O–H groups in total. The van der Waals surface area contributed by atoms with Crippen LogP contribution in [0.1, 0.15) is 12.8 Å². The monoisotopic (exact) mass is 306 g/mol. The Kier molecular flexibility index (Phi) is 4.07. The summed E-state index contributed by atoms with van der Waals surface area (Å²) in [6.07, 6.45) is 0.689. The van der Waals surface area contributed by atoms with Crippen LogP contribution in [0.5, 0.6) is 0 Å². The number of rotatable bonds is 3. The molecule has 19 heavy (non-hydrogen) atoms. The van der Waals surface area contributed by atoms with E-state index in [-0.39, 0.29) is 34.8 Å². The SMILES string of the molecule is O=C1CCC(NS(=O)(=O)c2ccc(F)cc2Cl)CN1. The van der Waals surface area contributed by atoms with Gasteiger partial charge in [-0.1, -0.05) is 11.6 Å². The van der Waals surface area contributed by atoms with Crippen LogP contribution in [0.4, 0.5) is 4.39 Å². The number of hydrogen-bond acceptors (Lipinski definition) is 3. The predicted octanol–water partition coefficient (Wildman–Crippen LogP) is 1.04. The van der Waals surface area contributed by atoms with Crippen LogP contribution in [0, 0.1) is 5.82 Å². The summed E-state index contributed by atoms with van der Waals surface area (Å²) in [4.78, 5) is 10.8. The summed E-state index contributed by atoms with van der Waals surface area (Å²) in [6.45, 7) is 0.233. The minimum atomic E-state index is -3.82. The summed E-state index contributed by atoms with van der Waals surface area (Å²) < 4.78 is 39.5. The molecule has 104 valence electrons. The summed E-state index contributed by atoms with van der Waals surface area (Å²) >= 11 is 5.73. The Morgan fingerprint density at radius 3 is 2.74 bits per heavy atom. The minimum absolute atomic E-state index is 0.102. The Bertz CT molecular complexity index is 596. The van der Waals surface area contributed by atoms with Gasteiger partial charge >= 0.3 is 0 Å². The lowest BCUT2D eigenvalue weighted by molar-refractivity contribution is -0.122.